The lowest BCUT2D eigenvalue weighted by Gasteiger charge is -2.27. The molecule has 0 amide bonds. The number of fused-ring (bicyclic) bond motifs is 1. The average Bonchev–Trinajstić information content (AvgIpc) is 3.10. The standard InChI is InChI=1S/C11H22O4Si/c1-12-16(13-2,14-3)7-6-9-4-5-10-11(8-9)15-10/h9-11H,4-8H2,1-3H3/t9?,10-,11+/m1/s1. The normalized spacial score (nSPS) is 33.6. The molecule has 1 heterocycles. The van der Waals surface area contributed by atoms with Gasteiger partial charge in [0.15, 0.2) is 0 Å². The monoisotopic (exact) mass is 246 g/mol. The molecule has 4 nitrogen and oxygen atoms in total. The van der Waals surface area contributed by atoms with Crippen molar-refractivity contribution >= 4 is 8.80 Å². The van der Waals surface area contributed by atoms with Crippen LogP contribution in [0.3, 0.4) is 0 Å². The number of rotatable bonds is 6. The molecule has 2 fully saturated rings. The van der Waals surface area contributed by atoms with Gasteiger partial charge in [-0.05, 0) is 31.6 Å². The van der Waals surface area contributed by atoms with Crippen LogP contribution in [0.1, 0.15) is 25.7 Å². The third-order valence-electron chi connectivity index (χ3n) is 3.90. The van der Waals surface area contributed by atoms with Crippen molar-refractivity contribution in [2.45, 2.75) is 43.9 Å². The van der Waals surface area contributed by atoms with E-state index in [2.05, 4.69) is 0 Å². The topological polar surface area (TPSA) is 40.2 Å². The molecular formula is C11H22O4Si. The summed E-state index contributed by atoms with van der Waals surface area (Å²) in [6.07, 6.45) is 6.01. The van der Waals surface area contributed by atoms with Crippen molar-refractivity contribution < 1.29 is 18.0 Å². The minimum absolute atomic E-state index is 0.558. The van der Waals surface area contributed by atoms with Gasteiger partial charge in [-0.1, -0.05) is 0 Å². The molecule has 0 spiro atoms. The maximum atomic E-state index is 5.54. The van der Waals surface area contributed by atoms with Gasteiger partial charge in [-0.25, -0.2) is 0 Å². The van der Waals surface area contributed by atoms with Gasteiger partial charge in [0.1, 0.15) is 0 Å². The van der Waals surface area contributed by atoms with Crippen LogP contribution in [0, 0.1) is 5.92 Å². The third-order valence-corrected chi connectivity index (χ3v) is 6.67. The van der Waals surface area contributed by atoms with Crippen molar-refractivity contribution in [1.82, 2.24) is 0 Å². The maximum absolute atomic E-state index is 5.54. The Bertz CT molecular complexity index is 224. The molecule has 0 aromatic rings. The van der Waals surface area contributed by atoms with E-state index in [1.54, 1.807) is 21.3 Å². The first-order valence-corrected chi connectivity index (χ1v) is 7.97. The molecule has 0 radical (unpaired) electrons. The van der Waals surface area contributed by atoms with Crippen LogP contribution in [0.5, 0.6) is 0 Å². The fourth-order valence-electron chi connectivity index (χ4n) is 2.69. The molecule has 2 aliphatic rings. The molecular weight excluding hydrogens is 224 g/mol. The molecule has 94 valence electrons. The molecule has 1 saturated carbocycles. The van der Waals surface area contributed by atoms with E-state index in [9.17, 15) is 0 Å². The van der Waals surface area contributed by atoms with Crippen molar-refractivity contribution in [1.29, 1.82) is 0 Å². The first kappa shape index (κ1) is 12.5. The van der Waals surface area contributed by atoms with Crippen LogP contribution in [0.15, 0.2) is 0 Å². The van der Waals surface area contributed by atoms with Gasteiger partial charge in [0, 0.05) is 27.4 Å². The average molecular weight is 246 g/mol. The van der Waals surface area contributed by atoms with E-state index in [-0.39, 0.29) is 0 Å². The zero-order chi connectivity index (χ0) is 11.6. The van der Waals surface area contributed by atoms with Gasteiger partial charge < -0.3 is 18.0 Å². The van der Waals surface area contributed by atoms with Crippen LogP contribution in [0.25, 0.3) is 0 Å². The fourth-order valence-corrected chi connectivity index (χ4v) is 4.56. The Labute approximate surface area is 98.6 Å². The minimum atomic E-state index is -2.35. The van der Waals surface area contributed by atoms with Crippen LogP contribution in [-0.2, 0) is 18.0 Å². The van der Waals surface area contributed by atoms with Gasteiger partial charge >= 0.3 is 8.80 Å². The Hall–Kier alpha value is 0.0569. The summed E-state index contributed by atoms with van der Waals surface area (Å²) in [5.41, 5.74) is 0. The predicted molar refractivity (Wildman–Crippen MR) is 62.2 cm³/mol. The van der Waals surface area contributed by atoms with E-state index in [1.165, 1.54) is 19.3 Å². The highest BCUT2D eigenvalue weighted by molar-refractivity contribution is 6.60. The summed E-state index contributed by atoms with van der Waals surface area (Å²) >= 11 is 0. The largest absolute Gasteiger partial charge is 0.500 e. The van der Waals surface area contributed by atoms with Gasteiger partial charge in [0.2, 0.25) is 0 Å². The van der Waals surface area contributed by atoms with E-state index in [0.29, 0.717) is 12.2 Å². The molecule has 0 aromatic heterocycles. The zero-order valence-electron chi connectivity index (χ0n) is 10.4. The second kappa shape index (κ2) is 5.14. The summed E-state index contributed by atoms with van der Waals surface area (Å²) in [6, 6.07) is 0.915. The lowest BCUT2D eigenvalue weighted by atomic mass is 9.88. The Morgan fingerprint density at radius 3 is 2.31 bits per heavy atom. The first-order chi connectivity index (χ1) is 7.73. The summed E-state index contributed by atoms with van der Waals surface area (Å²) in [7, 11) is 2.69. The third kappa shape index (κ3) is 2.65. The molecule has 2 rings (SSSR count). The highest BCUT2D eigenvalue weighted by Gasteiger charge is 2.45. The van der Waals surface area contributed by atoms with Crippen LogP contribution in [0.2, 0.25) is 6.04 Å². The van der Waals surface area contributed by atoms with Crippen molar-refractivity contribution in [3.63, 3.8) is 0 Å². The van der Waals surface area contributed by atoms with Crippen molar-refractivity contribution in [2.75, 3.05) is 21.3 Å². The number of epoxide rings is 1. The Morgan fingerprint density at radius 2 is 1.75 bits per heavy atom. The zero-order valence-corrected chi connectivity index (χ0v) is 11.4. The minimum Gasteiger partial charge on any atom is -0.377 e. The van der Waals surface area contributed by atoms with Crippen LogP contribution in [0.4, 0.5) is 0 Å². The smallest absolute Gasteiger partial charge is 0.377 e. The van der Waals surface area contributed by atoms with E-state index < -0.39 is 8.80 Å². The van der Waals surface area contributed by atoms with Gasteiger partial charge in [-0.15, -0.1) is 0 Å². The lowest BCUT2D eigenvalue weighted by molar-refractivity contribution is 0.120. The Morgan fingerprint density at radius 1 is 1.06 bits per heavy atom. The van der Waals surface area contributed by atoms with Gasteiger partial charge in [0.05, 0.1) is 12.2 Å². The lowest BCUT2D eigenvalue weighted by Crippen LogP contribution is -2.43. The summed E-state index contributed by atoms with van der Waals surface area (Å²) < 4.78 is 21.8. The van der Waals surface area contributed by atoms with E-state index in [0.717, 1.165) is 18.4 Å². The summed E-state index contributed by atoms with van der Waals surface area (Å²) in [5.74, 6) is 0.760. The van der Waals surface area contributed by atoms with Crippen molar-refractivity contribution in [2.24, 2.45) is 5.92 Å². The molecule has 1 saturated heterocycles. The molecule has 1 aliphatic carbocycles. The molecule has 1 aliphatic heterocycles. The Balaban J connectivity index is 1.76. The van der Waals surface area contributed by atoms with Gasteiger partial charge in [0.25, 0.3) is 0 Å². The van der Waals surface area contributed by atoms with Crippen molar-refractivity contribution in [3.05, 3.63) is 0 Å². The van der Waals surface area contributed by atoms with Gasteiger partial charge in [-0.2, -0.15) is 0 Å². The highest BCUT2D eigenvalue weighted by atomic mass is 28.4. The van der Waals surface area contributed by atoms with Crippen LogP contribution >= 0.6 is 0 Å². The number of hydrogen-bond donors (Lipinski definition) is 0. The van der Waals surface area contributed by atoms with Crippen LogP contribution < -0.4 is 0 Å². The van der Waals surface area contributed by atoms with E-state index in [1.807, 2.05) is 0 Å². The predicted octanol–water partition coefficient (Wildman–Crippen LogP) is 1.82. The van der Waals surface area contributed by atoms with Crippen LogP contribution in [-0.4, -0.2) is 42.3 Å². The van der Waals surface area contributed by atoms with Gasteiger partial charge in [-0.3, -0.25) is 0 Å². The number of hydrogen-bond acceptors (Lipinski definition) is 4. The molecule has 1 unspecified atom stereocenters. The molecule has 5 heteroatoms. The second-order valence-corrected chi connectivity index (χ2v) is 7.82. The Kier molecular flexibility index (Phi) is 4.02. The van der Waals surface area contributed by atoms with E-state index in [4.69, 9.17) is 18.0 Å². The maximum Gasteiger partial charge on any atom is 0.500 e. The SMILES string of the molecule is CO[Si](CCC1CC[C@H]2O[C@H]2C1)(OC)OC. The molecule has 0 N–H and O–H groups in total. The summed E-state index contributed by atoms with van der Waals surface area (Å²) in [4.78, 5) is 0. The summed E-state index contributed by atoms with van der Waals surface area (Å²) in [5, 5.41) is 0. The summed E-state index contributed by atoms with van der Waals surface area (Å²) in [6.45, 7) is 0. The highest BCUT2D eigenvalue weighted by Crippen LogP contribution is 2.41. The molecule has 0 bridgehead atoms. The van der Waals surface area contributed by atoms with E-state index >= 15 is 0 Å². The first-order valence-electron chi connectivity index (χ1n) is 6.04. The molecule has 3 atom stereocenters. The fraction of sp³-hybridized carbons (Fsp3) is 1.00. The quantitative estimate of drug-likeness (QED) is 0.529. The molecule has 16 heavy (non-hydrogen) atoms. The molecule has 0 aromatic carbocycles. The van der Waals surface area contributed by atoms with Crippen molar-refractivity contribution in [3.8, 4) is 0 Å². The number of ether oxygens (including phenoxy) is 1. The second-order valence-electron chi connectivity index (χ2n) is 4.73.